The van der Waals surface area contributed by atoms with Crippen molar-refractivity contribution in [3.05, 3.63) is 29.8 Å². The van der Waals surface area contributed by atoms with Crippen LogP contribution in [0.4, 0.5) is 4.39 Å². The van der Waals surface area contributed by atoms with Crippen LogP contribution in [0, 0.1) is 5.82 Å². The number of fused-ring (bicyclic) bond motifs is 1. The highest BCUT2D eigenvalue weighted by molar-refractivity contribution is 5.76. The second-order valence-corrected chi connectivity index (χ2v) is 5.82. The number of benzene rings is 1. The molecular formula is C16H23FN4. The Kier molecular flexibility index (Phi) is 4.22. The molecule has 0 spiro atoms. The molecule has 0 saturated carbocycles. The first-order chi connectivity index (χ1) is 10.2. The summed E-state index contributed by atoms with van der Waals surface area (Å²) in [5.74, 6) is 0.764. The van der Waals surface area contributed by atoms with Crippen LogP contribution in [-0.4, -0.2) is 34.1 Å². The van der Waals surface area contributed by atoms with E-state index in [0.717, 1.165) is 36.5 Å². The predicted molar refractivity (Wildman–Crippen MR) is 82.6 cm³/mol. The summed E-state index contributed by atoms with van der Waals surface area (Å²) < 4.78 is 15.6. The minimum atomic E-state index is -0.239. The van der Waals surface area contributed by atoms with Gasteiger partial charge >= 0.3 is 0 Å². The van der Waals surface area contributed by atoms with E-state index in [9.17, 15) is 4.39 Å². The molecule has 0 radical (unpaired) electrons. The van der Waals surface area contributed by atoms with Crippen molar-refractivity contribution in [3.8, 4) is 0 Å². The maximum Gasteiger partial charge on any atom is 0.127 e. The number of hydrogen-bond acceptors (Lipinski definition) is 3. The lowest BCUT2D eigenvalue weighted by Crippen LogP contribution is -2.34. The van der Waals surface area contributed by atoms with E-state index >= 15 is 0 Å². The van der Waals surface area contributed by atoms with Crippen LogP contribution < -0.4 is 5.73 Å². The smallest absolute Gasteiger partial charge is 0.127 e. The van der Waals surface area contributed by atoms with Crippen molar-refractivity contribution in [2.75, 3.05) is 19.6 Å². The molecular weight excluding hydrogens is 267 g/mol. The second kappa shape index (κ2) is 6.12. The molecule has 3 rings (SSSR count). The minimum absolute atomic E-state index is 0.239. The van der Waals surface area contributed by atoms with E-state index in [-0.39, 0.29) is 11.9 Å². The quantitative estimate of drug-likeness (QED) is 0.941. The van der Waals surface area contributed by atoms with E-state index in [0.29, 0.717) is 6.54 Å². The van der Waals surface area contributed by atoms with Crippen LogP contribution in [-0.2, 0) is 6.54 Å². The summed E-state index contributed by atoms with van der Waals surface area (Å²) in [6.07, 6.45) is 3.81. The van der Waals surface area contributed by atoms with Crippen molar-refractivity contribution in [2.45, 2.75) is 38.8 Å². The van der Waals surface area contributed by atoms with Crippen LogP contribution >= 0.6 is 0 Å². The second-order valence-electron chi connectivity index (χ2n) is 5.82. The highest BCUT2D eigenvalue weighted by atomic mass is 19.1. The Morgan fingerprint density at radius 3 is 2.76 bits per heavy atom. The first kappa shape index (κ1) is 14.5. The fraction of sp³-hybridized carbons (Fsp3) is 0.562. The first-order valence-corrected chi connectivity index (χ1v) is 7.80. The molecule has 114 valence electrons. The monoisotopic (exact) mass is 290 g/mol. The number of imidazole rings is 1. The van der Waals surface area contributed by atoms with Gasteiger partial charge in [0.05, 0.1) is 17.1 Å². The zero-order valence-electron chi connectivity index (χ0n) is 12.6. The molecule has 1 atom stereocenters. The average molecular weight is 290 g/mol. The lowest BCUT2D eigenvalue weighted by Gasteiger charge is -2.32. The number of halogens is 1. The average Bonchev–Trinajstić information content (AvgIpc) is 2.85. The zero-order valence-corrected chi connectivity index (χ0v) is 12.6. The first-order valence-electron chi connectivity index (χ1n) is 7.80. The molecule has 1 saturated heterocycles. The molecule has 4 nitrogen and oxygen atoms in total. The summed E-state index contributed by atoms with van der Waals surface area (Å²) in [6.45, 7) is 5.69. The molecule has 2 heterocycles. The molecule has 1 aliphatic rings. The molecule has 2 N–H and O–H groups in total. The topological polar surface area (TPSA) is 47.1 Å². The summed E-state index contributed by atoms with van der Waals surface area (Å²) in [4.78, 5) is 7.16. The Bertz CT molecular complexity index is 616. The normalized spacial score (nSPS) is 18.2. The number of hydrogen-bond donors (Lipinski definition) is 1. The molecule has 1 unspecified atom stereocenters. The molecule has 0 bridgehead atoms. The van der Waals surface area contributed by atoms with Crippen molar-refractivity contribution in [3.63, 3.8) is 0 Å². The Hall–Kier alpha value is -1.46. The number of aromatic nitrogens is 2. The Morgan fingerprint density at radius 1 is 1.29 bits per heavy atom. The third-order valence-corrected chi connectivity index (χ3v) is 4.40. The highest BCUT2D eigenvalue weighted by Gasteiger charge is 2.23. The van der Waals surface area contributed by atoms with Crippen LogP contribution in [0.5, 0.6) is 0 Å². The Labute approximate surface area is 124 Å². The largest absolute Gasteiger partial charge is 0.329 e. The van der Waals surface area contributed by atoms with Gasteiger partial charge in [-0.25, -0.2) is 9.37 Å². The van der Waals surface area contributed by atoms with E-state index in [1.54, 1.807) is 6.07 Å². The van der Waals surface area contributed by atoms with E-state index in [4.69, 9.17) is 10.7 Å². The van der Waals surface area contributed by atoms with E-state index < -0.39 is 0 Å². The number of nitrogens with zero attached hydrogens (tertiary/aromatic N) is 3. The summed E-state index contributed by atoms with van der Waals surface area (Å²) in [6, 6.07) is 5.05. The van der Waals surface area contributed by atoms with Gasteiger partial charge in [-0.2, -0.15) is 0 Å². The van der Waals surface area contributed by atoms with Gasteiger partial charge in [0.1, 0.15) is 11.6 Å². The third kappa shape index (κ3) is 2.80. The standard InChI is InChI=1S/C16H23FN4/c1-12(20-8-3-2-4-9-20)16-19-14-11-13(17)5-6-15(14)21(16)10-7-18/h5-6,11-12H,2-4,7-10,18H2,1H3. The molecule has 0 aliphatic carbocycles. The van der Waals surface area contributed by atoms with Gasteiger partial charge in [0.15, 0.2) is 0 Å². The van der Waals surface area contributed by atoms with Gasteiger partial charge in [-0.15, -0.1) is 0 Å². The molecule has 1 aromatic carbocycles. The molecule has 1 aromatic heterocycles. The van der Waals surface area contributed by atoms with Gasteiger partial charge in [0.25, 0.3) is 0 Å². The van der Waals surface area contributed by atoms with Crippen LogP contribution in [0.3, 0.4) is 0 Å². The zero-order chi connectivity index (χ0) is 14.8. The van der Waals surface area contributed by atoms with Crippen molar-refractivity contribution < 1.29 is 4.39 Å². The van der Waals surface area contributed by atoms with Crippen molar-refractivity contribution >= 4 is 11.0 Å². The fourth-order valence-electron chi connectivity index (χ4n) is 3.27. The maximum absolute atomic E-state index is 13.4. The van der Waals surface area contributed by atoms with Crippen LogP contribution in [0.25, 0.3) is 11.0 Å². The summed E-state index contributed by atoms with van der Waals surface area (Å²) >= 11 is 0. The van der Waals surface area contributed by atoms with Gasteiger partial charge in [-0.05, 0) is 45.0 Å². The highest BCUT2D eigenvalue weighted by Crippen LogP contribution is 2.27. The molecule has 21 heavy (non-hydrogen) atoms. The van der Waals surface area contributed by atoms with Gasteiger partial charge in [0, 0.05) is 19.2 Å². The van der Waals surface area contributed by atoms with Crippen LogP contribution in [0.2, 0.25) is 0 Å². The molecule has 2 aromatic rings. The Morgan fingerprint density at radius 2 is 2.05 bits per heavy atom. The van der Waals surface area contributed by atoms with E-state index in [2.05, 4.69) is 16.4 Å². The van der Waals surface area contributed by atoms with E-state index in [1.165, 1.54) is 31.4 Å². The molecule has 5 heteroatoms. The summed E-state index contributed by atoms with van der Waals surface area (Å²) in [5.41, 5.74) is 7.45. The minimum Gasteiger partial charge on any atom is -0.329 e. The number of rotatable bonds is 4. The van der Waals surface area contributed by atoms with Crippen LogP contribution in [0.1, 0.15) is 38.1 Å². The lowest BCUT2D eigenvalue weighted by molar-refractivity contribution is 0.166. The SMILES string of the molecule is CC(c1nc2cc(F)ccc2n1CCN)N1CCCCC1. The fourth-order valence-corrected chi connectivity index (χ4v) is 3.27. The van der Waals surface area contributed by atoms with Crippen molar-refractivity contribution in [2.24, 2.45) is 5.73 Å². The van der Waals surface area contributed by atoms with Crippen LogP contribution in [0.15, 0.2) is 18.2 Å². The van der Waals surface area contributed by atoms with Crippen molar-refractivity contribution in [1.82, 2.24) is 14.5 Å². The number of piperidine rings is 1. The third-order valence-electron chi connectivity index (χ3n) is 4.40. The van der Waals surface area contributed by atoms with Gasteiger partial charge in [-0.1, -0.05) is 6.42 Å². The van der Waals surface area contributed by atoms with Crippen molar-refractivity contribution in [1.29, 1.82) is 0 Å². The van der Waals surface area contributed by atoms with E-state index in [1.807, 2.05) is 0 Å². The number of nitrogens with two attached hydrogens (primary N) is 1. The number of likely N-dealkylation sites (tertiary alicyclic amines) is 1. The summed E-state index contributed by atoms with van der Waals surface area (Å²) in [7, 11) is 0. The molecule has 1 fully saturated rings. The molecule has 0 amide bonds. The van der Waals surface area contributed by atoms with Gasteiger partial charge < -0.3 is 10.3 Å². The van der Waals surface area contributed by atoms with Gasteiger partial charge in [0.2, 0.25) is 0 Å². The lowest BCUT2D eigenvalue weighted by atomic mass is 10.1. The molecule has 1 aliphatic heterocycles. The predicted octanol–water partition coefficient (Wildman–Crippen LogP) is 2.68. The summed E-state index contributed by atoms with van der Waals surface area (Å²) in [5, 5.41) is 0. The maximum atomic E-state index is 13.4. The Balaban J connectivity index is 2.01. The van der Waals surface area contributed by atoms with Gasteiger partial charge in [-0.3, -0.25) is 4.90 Å².